The van der Waals surface area contributed by atoms with Gasteiger partial charge in [0, 0.05) is 17.8 Å². The molecule has 20 heavy (non-hydrogen) atoms. The molecule has 0 radical (unpaired) electrons. The van der Waals surface area contributed by atoms with Crippen LogP contribution in [0.4, 0.5) is 5.69 Å². The zero-order valence-electron chi connectivity index (χ0n) is 11.7. The van der Waals surface area contributed by atoms with E-state index in [2.05, 4.69) is 4.90 Å². The van der Waals surface area contributed by atoms with Gasteiger partial charge in [-0.1, -0.05) is 35.9 Å². The number of nitrogens with zero attached hydrogens (tertiary/aromatic N) is 1. The second-order valence-electron chi connectivity index (χ2n) is 5.35. The van der Waals surface area contributed by atoms with E-state index in [0.717, 1.165) is 17.8 Å². The van der Waals surface area contributed by atoms with Crippen molar-refractivity contribution in [3.05, 3.63) is 35.9 Å². The van der Waals surface area contributed by atoms with Gasteiger partial charge in [0.25, 0.3) is 10.1 Å². The summed E-state index contributed by atoms with van der Waals surface area (Å²) in [5, 5.41) is 0. The molecule has 110 valence electrons. The van der Waals surface area contributed by atoms with Crippen LogP contribution in [0.1, 0.15) is 26.3 Å². The summed E-state index contributed by atoms with van der Waals surface area (Å²) in [6, 6.07) is 7.48. The zero-order valence-corrected chi connectivity index (χ0v) is 13.2. The average molecular weight is 316 g/mol. The molecule has 0 amide bonds. The fourth-order valence-electron chi connectivity index (χ4n) is 2.73. The third-order valence-electron chi connectivity index (χ3n) is 3.53. The Bertz CT molecular complexity index is 652. The summed E-state index contributed by atoms with van der Waals surface area (Å²) < 4.78 is 30.5. The maximum atomic E-state index is 11.4. The van der Waals surface area contributed by atoms with Crippen LogP contribution in [0.15, 0.2) is 30.3 Å². The third kappa shape index (κ3) is 2.57. The van der Waals surface area contributed by atoms with Gasteiger partial charge in [-0.25, -0.2) is 0 Å². The molecule has 2 rings (SSSR count). The van der Waals surface area contributed by atoms with Gasteiger partial charge >= 0.3 is 0 Å². The van der Waals surface area contributed by atoms with Gasteiger partial charge in [-0.05, 0) is 32.4 Å². The molecule has 1 aromatic rings. The van der Waals surface area contributed by atoms with E-state index in [9.17, 15) is 13.0 Å². The highest BCUT2D eigenvalue weighted by atomic mass is 35.5. The van der Waals surface area contributed by atoms with Crippen LogP contribution in [0.2, 0.25) is 0 Å². The van der Waals surface area contributed by atoms with Crippen LogP contribution in [0.3, 0.4) is 0 Å². The Labute approximate surface area is 124 Å². The first kappa shape index (κ1) is 15.4. The van der Waals surface area contributed by atoms with E-state index < -0.39 is 14.8 Å². The van der Waals surface area contributed by atoms with Crippen molar-refractivity contribution in [2.75, 3.05) is 11.4 Å². The standard InChI is InChI=1S/C14H18ClNO3S/c1-4-16-12-8-6-5-7-10(12)11(9-14(16,2)3)13(15)20(17,18)19/h5-9,13H,4H2,1-3H3,(H,17,18,19). The minimum absolute atomic E-state index is 0.379. The number of para-hydroxylation sites is 1. The molecule has 1 unspecified atom stereocenters. The fourth-order valence-corrected chi connectivity index (χ4v) is 3.42. The number of anilines is 1. The summed E-state index contributed by atoms with van der Waals surface area (Å²) in [4.78, 5) is 2.17. The van der Waals surface area contributed by atoms with Gasteiger partial charge in [0.05, 0.1) is 5.54 Å². The smallest absolute Gasteiger partial charge is 0.286 e. The van der Waals surface area contributed by atoms with Gasteiger partial charge < -0.3 is 4.90 Å². The summed E-state index contributed by atoms with van der Waals surface area (Å²) in [5.74, 6) is 0. The van der Waals surface area contributed by atoms with Crippen molar-refractivity contribution in [2.45, 2.75) is 31.0 Å². The molecule has 1 aliphatic heterocycles. The highest BCUT2D eigenvalue weighted by molar-refractivity contribution is 7.88. The van der Waals surface area contributed by atoms with E-state index in [1.807, 2.05) is 51.1 Å². The number of likely N-dealkylation sites (N-methyl/N-ethyl adjacent to an activating group) is 1. The Hall–Kier alpha value is -1.04. The minimum atomic E-state index is -4.34. The molecule has 1 heterocycles. The van der Waals surface area contributed by atoms with Crippen molar-refractivity contribution in [2.24, 2.45) is 0 Å². The largest absolute Gasteiger partial charge is 0.363 e. The van der Waals surface area contributed by atoms with Gasteiger partial charge in [-0.3, -0.25) is 4.55 Å². The SMILES string of the molecule is CCN1c2ccccc2C(C(Cl)S(=O)(=O)O)=CC1(C)C. The summed E-state index contributed by atoms with van der Waals surface area (Å²) in [5.41, 5.74) is 1.72. The van der Waals surface area contributed by atoms with Crippen molar-refractivity contribution < 1.29 is 13.0 Å². The van der Waals surface area contributed by atoms with Crippen LogP contribution in [-0.2, 0) is 10.1 Å². The van der Waals surface area contributed by atoms with E-state index in [-0.39, 0.29) is 5.54 Å². The van der Waals surface area contributed by atoms with Crippen molar-refractivity contribution in [1.82, 2.24) is 0 Å². The minimum Gasteiger partial charge on any atom is -0.363 e. The number of alkyl halides is 1. The Kier molecular flexibility index (Phi) is 3.88. The molecule has 0 bridgehead atoms. The van der Waals surface area contributed by atoms with Gasteiger partial charge in [-0.15, -0.1) is 0 Å². The van der Waals surface area contributed by atoms with Crippen LogP contribution < -0.4 is 4.90 Å². The molecular weight excluding hydrogens is 298 g/mol. The Morgan fingerprint density at radius 2 is 1.95 bits per heavy atom. The molecule has 0 fully saturated rings. The molecular formula is C14H18ClNO3S. The summed E-state index contributed by atoms with van der Waals surface area (Å²) in [6.45, 7) is 6.80. The Balaban J connectivity index is 2.67. The van der Waals surface area contributed by atoms with Crippen LogP contribution in [0.5, 0.6) is 0 Å². The van der Waals surface area contributed by atoms with Crippen LogP contribution in [0, 0.1) is 0 Å². The van der Waals surface area contributed by atoms with E-state index in [1.165, 1.54) is 0 Å². The first-order chi connectivity index (χ1) is 9.18. The van der Waals surface area contributed by atoms with Crippen LogP contribution in [-0.4, -0.2) is 29.8 Å². The lowest BCUT2D eigenvalue weighted by Crippen LogP contribution is -2.45. The molecule has 0 aliphatic carbocycles. The molecule has 0 aromatic heterocycles. The van der Waals surface area contributed by atoms with Crippen molar-refractivity contribution >= 4 is 33.0 Å². The van der Waals surface area contributed by atoms with Gasteiger partial charge in [-0.2, -0.15) is 8.42 Å². The molecule has 6 heteroatoms. The topological polar surface area (TPSA) is 57.6 Å². The summed E-state index contributed by atoms with van der Waals surface area (Å²) >= 11 is 5.96. The molecule has 0 spiro atoms. The van der Waals surface area contributed by atoms with Crippen molar-refractivity contribution in [3.63, 3.8) is 0 Å². The molecule has 1 atom stereocenters. The van der Waals surface area contributed by atoms with E-state index in [0.29, 0.717) is 5.57 Å². The Morgan fingerprint density at radius 1 is 1.35 bits per heavy atom. The maximum Gasteiger partial charge on any atom is 0.286 e. The van der Waals surface area contributed by atoms with Crippen molar-refractivity contribution in [1.29, 1.82) is 0 Å². The number of hydrogen-bond acceptors (Lipinski definition) is 3. The predicted molar refractivity (Wildman–Crippen MR) is 82.7 cm³/mol. The molecule has 1 aliphatic rings. The highest BCUT2D eigenvalue weighted by Gasteiger charge is 2.36. The first-order valence-corrected chi connectivity index (χ1v) is 8.32. The number of hydrogen-bond donors (Lipinski definition) is 1. The predicted octanol–water partition coefficient (Wildman–Crippen LogP) is 3.14. The van der Waals surface area contributed by atoms with E-state index >= 15 is 0 Å². The maximum absolute atomic E-state index is 11.4. The molecule has 1 N–H and O–H groups in total. The molecule has 4 nitrogen and oxygen atoms in total. The lowest BCUT2D eigenvalue weighted by molar-refractivity contribution is 0.484. The number of rotatable bonds is 3. The quantitative estimate of drug-likeness (QED) is 0.687. The highest BCUT2D eigenvalue weighted by Crippen LogP contribution is 2.42. The number of benzene rings is 1. The number of fused-ring (bicyclic) bond motifs is 1. The summed E-state index contributed by atoms with van der Waals surface area (Å²) in [6.07, 6.45) is 1.81. The van der Waals surface area contributed by atoms with Crippen LogP contribution >= 0.6 is 11.6 Å². The molecule has 0 saturated carbocycles. The monoisotopic (exact) mass is 315 g/mol. The van der Waals surface area contributed by atoms with Gasteiger partial charge in [0.2, 0.25) is 0 Å². The van der Waals surface area contributed by atoms with Gasteiger partial charge in [0.15, 0.2) is 4.71 Å². The lowest BCUT2D eigenvalue weighted by Gasteiger charge is -2.43. The second-order valence-corrected chi connectivity index (χ2v) is 7.54. The summed E-state index contributed by atoms with van der Waals surface area (Å²) in [7, 11) is -4.34. The molecule has 0 saturated heterocycles. The van der Waals surface area contributed by atoms with E-state index in [4.69, 9.17) is 11.6 Å². The normalized spacial score (nSPS) is 19.2. The van der Waals surface area contributed by atoms with Gasteiger partial charge in [0.1, 0.15) is 0 Å². The number of halogens is 1. The average Bonchev–Trinajstić information content (AvgIpc) is 2.35. The third-order valence-corrected chi connectivity index (χ3v) is 5.22. The lowest BCUT2D eigenvalue weighted by atomic mass is 9.89. The Morgan fingerprint density at radius 3 is 2.50 bits per heavy atom. The van der Waals surface area contributed by atoms with E-state index in [1.54, 1.807) is 0 Å². The zero-order chi connectivity index (χ0) is 15.1. The fraction of sp³-hybridized carbons (Fsp3) is 0.429. The first-order valence-electron chi connectivity index (χ1n) is 6.38. The van der Waals surface area contributed by atoms with Crippen molar-refractivity contribution in [3.8, 4) is 0 Å². The second kappa shape index (κ2) is 5.06. The van der Waals surface area contributed by atoms with Crippen LogP contribution in [0.25, 0.3) is 5.57 Å². The molecule has 1 aromatic carbocycles.